The molecule has 8 heteroatoms. The SMILES string of the molecule is Cc1cc(C(=O)COC(=O)CCN2C(=O)NC(C)(C)C2=O)c(C)n1-c1ccc2c(c1)CCC2. The van der Waals surface area contributed by atoms with Crippen molar-refractivity contribution in [3.8, 4) is 5.69 Å². The molecular formula is C25H29N3O5. The zero-order valence-electron chi connectivity index (χ0n) is 19.5. The molecule has 1 aliphatic heterocycles. The first kappa shape index (κ1) is 22.8. The maximum absolute atomic E-state index is 12.8. The van der Waals surface area contributed by atoms with E-state index in [1.807, 2.05) is 24.5 Å². The van der Waals surface area contributed by atoms with Gasteiger partial charge in [-0.1, -0.05) is 6.07 Å². The van der Waals surface area contributed by atoms with Gasteiger partial charge in [0.1, 0.15) is 5.54 Å². The number of ether oxygens (including phenoxy) is 1. The maximum Gasteiger partial charge on any atom is 0.325 e. The molecule has 1 aromatic heterocycles. The van der Waals surface area contributed by atoms with Crippen LogP contribution in [0.4, 0.5) is 4.79 Å². The number of fused-ring (bicyclic) bond motifs is 1. The van der Waals surface area contributed by atoms with Crippen molar-refractivity contribution in [2.45, 2.75) is 58.9 Å². The molecule has 1 N–H and O–H groups in total. The van der Waals surface area contributed by atoms with Crippen molar-refractivity contribution in [2.75, 3.05) is 13.2 Å². The third kappa shape index (κ3) is 4.29. The number of nitrogens with zero attached hydrogens (tertiary/aromatic N) is 2. The van der Waals surface area contributed by atoms with Gasteiger partial charge in [-0.25, -0.2) is 4.79 Å². The third-order valence-corrected chi connectivity index (χ3v) is 6.42. The van der Waals surface area contributed by atoms with Gasteiger partial charge in [0.25, 0.3) is 5.91 Å². The van der Waals surface area contributed by atoms with E-state index < -0.39 is 23.4 Å². The van der Waals surface area contributed by atoms with Crippen LogP contribution in [0.25, 0.3) is 5.69 Å². The molecule has 4 rings (SSSR count). The molecule has 0 bridgehead atoms. The monoisotopic (exact) mass is 451 g/mol. The second-order valence-corrected chi connectivity index (χ2v) is 9.27. The zero-order valence-corrected chi connectivity index (χ0v) is 19.5. The van der Waals surface area contributed by atoms with Crippen LogP contribution in [-0.2, 0) is 27.2 Å². The largest absolute Gasteiger partial charge is 0.457 e. The van der Waals surface area contributed by atoms with Gasteiger partial charge in [0, 0.05) is 29.2 Å². The van der Waals surface area contributed by atoms with Crippen LogP contribution in [0.15, 0.2) is 24.3 Å². The molecule has 2 heterocycles. The van der Waals surface area contributed by atoms with Gasteiger partial charge >= 0.3 is 12.0 Å². The highest BCUT2D eigenvalue weighted by atomic mass is 16.5. The number of aryl methyl sites for hydroxylation is 3. The van der Waals surface area contributed by atoms with Crippen molar-refractivity contribution < 1.29 is 23.9 Å². The van der Waals surface area contributed by atoms with Gasteiger partial charge in [0.2, 0.25) is 5.78 Å². The number of nitrogens with one attached hydrogen (secondary N) is 1. The van der Waals surface area contributed by atoms with E-state index in [4.69, 9.17) is 4.74 Å². The highest BCUT2D eigenvalue weighted by Crippen LogP contribution is 2.27. The molecule has 0 radical (unpaired) electrons. The quantitative estimate of drug-likeness (QED) is 0.396. The first-order valence-corrected chi connectivity index (χ1v) is 11.2. The summed E-state index contributed by atoms with van der Waals surface area (Å²) in [7, 11) is 0. The highest BCUT2D eigenvalue weighted by molar-refractivity contribution is 6.06. The van der Waals surface area contributed by atoms with Crippen molar-refractivity contribution in [1.82, 2.24) is 14.8 Å². The second-order valence-electron chi connectivity index (χ2n) is 9.27. The Morgan fingerprint density at radius 2 is 1.82 bits per heavy atom. The molecule has 1 aliphatic carbocycles. The van der Waals surface area contributed by atoms with Gasteiger partial charge in [-0.05, 0) is 76.3 Å². The summed E-state index contributed by atoms with van der Waals surface area (Å²) >= 11 is 0. The number of hydrogen-bond donors (Lipinski definition) is 1. The Hall–Kier alpha value is -3.42. The van der Waals surface area contributed by atoms with Crippen LogP contribution in [0.3, 0.4) is 0 Å². The molecule has 0 atom stereocenters. The van der Waals surface area contributed by atoms with E-state index in [1.165, 1.54) is 17.5 Å². The van der Waals surface area contributed by atoms with Crippen LogP contribution < -0.4 is 5.32 Å². The van der Waals surface area contributed by atoms with Crippen LogP contribution in [0.2, 0.25) is 0 Å². The van der Waals surface area contributed by atoms with Gasteiger partial charge < -0.3 is 14.6 Å². The van der Waals surface area contributed by atoms with E-state index in [0.717, 1.165) is 34.8 Å². The number of benzene rings is 1. The molecule has 2 aliphatic rings. The number of hydrogen-bond acceptors (Lipinski definition) is 5. The fraction of sp³-hybridized carbons (Fsp3) is 0.440. The van der Waals surface area contributed by atoms with Gasteiger partial charge in [-0.2, -0.15) is 0 Å². The predicted octanol–water partition coefficient (Wildman–Crippen LogP) is 3.03. The molecule has 174 valence electrons. The Morgan fingerprint density at radius 3 is 2.52 bits per heavy atom. The van der Waals surface area contributed by atoms with E-state index in [1.54, 1.807) is 13.8 Å². The van der Waals surface area contributed by atoms with E-state index in [9.17, 15) is 19.2 Å². The van der Waals surface area contributed by atoms with Crippen molar-refractivity contribution in [3.63, 3.8) is 0 Å². The molecule has 2 aromatic rings. The van der Waals surface area contributed by atoms with Crippen molar-refractivity contribution in [2.24, 2.45) is 0 Å². The number of esters is 1. The maximum atomic E-state index is 12.8. The van der Waals surface area contributed by atoms with E-state index in [0.29, 0.717) is 5.56 Å². The first-order valence-electron chi connectivity index (χ1n) is 11.2. The average Bonchev–Trinajstić information content (AvgIpc) is 3.39. The summed E-state index contributed by atoms with van der Waals surface area (Å²) in [5.74, 6) is -1.32. The lowest BCUT2D eigenvalue weighted by molar-refractivity contribution is -0.143. The number of rotatable bonds is 7. The Balaban J connectivity index is 1.37. The van der Waals surface area contributed by atoms with E-state index >= 15 is 0 Å². The zero-order chi connectivity index (χ0) is 23.9. The van der Waals surface area contributed by atoms with Crippen LogP contribution in [0, 0.1) is 13.8 Å². The lowest BCUT2D eigenvalue weighted by atomic mass is 10.1. The highest BCUT2D eigenvalue weighted by Gasteiger charge is 2.44. The van der Waals surface area contributed by atoms with Gasteiger partial charge in [-0.15, -0.1) is 0 Å². The van der Waals surface area contributed by atoms with Gasteiger partial charge in [0.15, 0.2) is 6.61 Å². The number of Topliss-reactive ketones (excluding diaryl/α,β-unsaturated/α-hetero) is 1. The standard InChI is InChI=1S/C25H29N3O5/c1-15-12-20(16(2)28(15)19-9-8-17-6-5-7-18(17)13-19)21(29)14-33-22(30)10-11-27-23(31)25(3,4)26-24(27)32/h8-9,12-13H,5-7,10-11,14H2,1-4H3,(H,26,32). The second kappa shape index (κ2) is 8.50. The molecule has 1 fully saturated rings. The minimum Gasteiger partial charge on any atom is -0.457 e. The van der Waals surface area contributed by atoms with Crippen molar-refractivity contribution in [3.05, 3.63) is 52.3 Å². The normalized spacial score (nSPS) is 16.7. The van der Waals surface area contributed by atoms with E-state index in [2.05, 4.69) is 23.5 Å². The molecule has 0 unspecified atom stereocenters. The summed E-state index contributed by atoms with van der Waals surface area (Å²) in [5, 5.41) is 2.56. The molecule has 1 aromatic carbocycles. The summed E-state index contributed by atoms with van der Waals surface area (Å²) < 4.78 is 7.19. The number of imide groups is 1. The fourth-order valence-electron chi connectivity index (χ4n) is 4.66. The van der Waals surface area contributed by atoms with Crippen LogP contribution in [0.1, 0.15) is 59.6 Å². The fourth-order valence-corrected chi connectivity index (χ4v) is 4.66. The molecule has 3 amide bonds. The predicted molar refractivity (Wildman–Crippen MR) is 121 cm³/mol. The van der Waals surface area contributed by atoms with Crippen LogP contribution in [0.5, 0.6) is 0 Å². The Bertz CT molecular complexity index is 1160. The number of carbonyl (C=O) groups is 4. The molecule has 0 saturated carbocycles. The molecular weight excluding hydrogens is 422 g/mol. The topological polar surface area (TPSA) is 97.7 Å². The number of ketones is 1. The van der Waals surface area contributed by atoms with Crippen LogP contribution >= 0.6 is 0 Å². The Kier molecular flexibility index (Phi) is 5.86. The summed E-state index contributed by atoms with van der Waals surface area (Å²) in [4.78, 5) is 50.0. The molecule has 1 saturated heterocycles. The minimum absolute atomic E-state index is 0.0893. The Morgan fingerprint density at radius 1 is 1.09 bits per heavy atom. The van der Waals surface area contributed by atoms with E-state index in [-0.39, 0.29) is 25.4 Å². The summed E-state index contributed by atoms with van der Waals surface area (Å²) in [5.41, 5.74) is 5.03. The number of aromatic nitrogens is 1. The lowest BCUT2D eigenvalue weighted by Crippen LogP contribution is -2.40. The minimum atomic E-state index is -0.988. The summed E-state index contributed by atoms with van der Waals surface area (Å²) in [6, 6.07) is 7.71. The first-order chi connectivity index (χ1) is 15.6. The number of urea groups is 1. The summed E-state index contributed by atoms with van der Waals surface area (Å²) in [6.45, 7) is 6.55. The number of amides is 3. The molecule has 33 heavy (non-hydrogen) atoms. The summed E-state index contributed by atoms with van der Waals surface area (Å²) in [6.07, 6.45) is 3.19. The van der Waals surface area contributed by atoms with Crippen molar-refractivity contribution >= 4 is 23.7 Å². The van der Waals surface area contributed by atoms with Crippen LogP contribution in [-0.4, -0.2) is 51.8 Å². The molecule has 8 nitrogen and oxygen atoms in total. The average molecular weight is 452 g/mol. The third-order valence-electron chi connectivity index (χ3n) is 6.42. The Labute approximate surface area is 192 Å². The molecule has 0 spiro atoms. The lowest BCUT2D eigenvalue weighted by Gasteiger charge is -2.15. The van der Waals surface area contributed by atoms with Gasteiger partial charge in [-0.3, -0.25) is 19.3 Å². The van der Waals surface area contributed by atoms with Crippen molar-refractivity contribution in [1.29, 1.82) is 0 Å². The number of carbonyl (C=O) groups excluding carboxylic acids is 4. The van der Waals surface area contributed by atoms with Gasteiger partial charge in [0.05, 0.1) is 6.42 Å². The smallest absolute Gasteiger partial charge is 0.325 e.